The van der Waals surface area contributed by atoms with E-state index in [0.717, 1.165) is 6.42 Å². The Labute approximate surface area is 92.0 Å². The summed E-state index contributed by atoms with van der Waals surface area (Å²) in [4.78, 5) is 11.4. The van der Waals surface area contributed by atoms with Crippen molar-refractivity contribution in [2.75, 3.05) is 6.54 Å². The second-order valence-corrected chi connectivity index (χ2v) is 3.32. The molecule has 0 aliphatic carbocycles. The van der Waals surface area contributed by atoms with Gasteiger partial charge in [0.1, 0.15) is 0 Å². The number of nitrogens with one attached hydrogen (secondary N) is 2. The monoisotopic (exact) mass is 206 g/mol. The van der Waals surface area contributed by atoms with E-state index in [0.29, 0.717) is 6.42 Å². The SMILES string of the molecule is C#CCNC(=O)C(C)NC(CC)CC#C. The van der Waals surface area contributed by atoms with Crippen molar-refractivity contribution in [2.24, 2.45) is 0 Å². The van der Waals surface area contributed by atoms with E-state index in [4.69, 9.17) is 12.8 Å². The molecule has 0 aliphatic heterocycles. The van der Waals surface area contributed by atoms with Crippen LogP contribution in [0.1, 0.15) is 26.7 Å². The molecule has 0 aliphatic rings. The minimum absolute atomic E-state index is 0.0941. The van der Waals surface area contributed by atoms with E-state index in [1.54, 1.807) is 6.92 Å². The Balaban J connectivity index is 4.00. The van der Waals surface area contributed by atoms with Crippen LogP contribution >= 0.6 is 0 Å². The van der Waals surface area contributed by atoms with Crippen LogP contribution in [0.5, 0.6) is 0 Å². The molecule has 0 saturated heterocycles. The van der Waals surface area contributed by atoms with Crippen molar-refractivity contribution in [1.29, 1.82) is 0 Å². The van der Waals surface area contributed by atoms with E-state index in [1.807, 2.05) is 6.92 Å². The lowest BCUT2D eigenvalue weighted by molar-refractivity contribution is -0.122. The van der Waals surface area contributed by atoms with Gasteiger partial charge in [-0.2, -0.15) is 0 Å². The summed E-state index contributed by atoms with van der Waals surface area (Å²) in [5.41, 5.74) is 0. The Hall–Kier alpha value is -1.45. The predicted molar refractivity (Wildman–Crippen MR) is 62.0 cm³/mol. The lowest BCUT2D eigenvalue weighted by atomic mass is 10.1. The summed E-state index contributed by atoms with van der Waals surface area (Å²) in [6, 6.07) is -0.0850. The fourth-order valence-electron chi connectivity index (χ4n) is 1.18. The van der Waals surface area contributed by atoms with Crippen LogP contribution in [0.25, 0.3) is 0 Å². The van der Waals surface area contributed by atoms with Gasteiger partial charge in [-0.25, -0.2) is 0 Å². The molecule has 0 spiro atoms. The molecule has 3 heteroatoms. The van der Waals surface area contributed by atoms with E-state index < -0.39 is 0 Å². The first-order valence-corrected chi connectivity index (χ1v) is 5.06. The average molecular weight is 206 g/mol. The summed E-state index contributed by atoms with van der Waals surface area (Å²) in [6.07, 6.45) is 11.8. The molecule has 15 heavy (non-hydrogen) atoms. The number of carbonyl (C=O) groups excluding carboxylic acids is 1. The maximum absolute atomic E-state index is 11.4. The third-order valence-corrected chi connectivity index (χ3v) is 2.10. The van der Waals surface area contributed by atoms with Crippen LogP contribution in [0.2, 0.25) is 0 Å². The number of terminal acetylenes is 2. The first-order chi connectivity index (χ1) is 7.15. The van der Waals surface area contributed by atoms with E-state index in [-0.39, 0.29) is 24.5 Å². The molecule has 0 aromatic rings. The minimum atomic E-state index is -0.267. The Bertz CT molecular complexity index is 272. The van der Waals surface area contributed by atoms with Crippen molar-refractivity contribution in [1.82, 2.24) is 10.6 Å². The van der Waals surface area contributed by atoms with Gasteiger partial charge in [0.05, 0.1) is 12.6 Å². The highest BCUT2D eigenvalue weighted by molar-refractivity contribution is 5.81. The zero-order valence-electron chi connectivity index (χ0n) is 9.34. The van der Waals surface area contributed by atoms with Gasteiger partial charge in [-0.3, -0.25) is 4.79 Å². The summed E-state index contributed by atoms with van der Waals surface area (Å²) in [5.74, 6) is 4.84. The largest absolute Gasteiger partial charge is 0.344 e. The zero-order valence-corrected chi connectivity index (χ0v) is 9.34. The van der Waals surface area contributed by atoms with Crippen LogP contribution in [0.3, 0.4) is 0 Å². The van der Waals surface area contributed by atoms with Crippen LogP contribution in [-0.2, 0) is 4.79 Å². The molecule has 0 saturated carbocycles. The molecule has 0 rings (SSSR count). The third-order valence-electron chi connectivity index (χ3n) is 2.10. The van der Waals surface area contributed by atoms with Crippen LogP contribution in [-0.4, -0.2) is 24.5 Å². The highest BCUT2D eigenvalue weighted by Gasteiger charge is 2.15. The fourth-order valence-corrected chi connectivity index (χ4v) is 1.18. The Morgan fingerprint density at radius 1 is 1.40 bits per heavy atom. The van der Waals surface area contributed by atoms with Gasteiger partial charge in [0.15, 0.2) is 0 Å². The quantitative estimate of drug-likeness (QED) is 0.622. The maximum Gasteiger partial charge on any atom is 0.237 e. The average Bonchev–Trinajstić information content (AvgIpc) is 2.24. The topological polar surface area (TPSA) is 41.1 Å². The van der Waals surface area contributed by atoms with Crippen molar-refractivity contribution in [3.8, 4) is 24.7 Å². The summed E-state index contributed by atoms with van der Waals surface area (Å²) >= 11 is 0. The van der Waals surface area contributed by atoms with Gasteiger partial charge in [-0.1, -0.05) is 12.8 Å². The van der Waals surface area contributed by atoms with Gasteiger partial charge in [-0.05, 0) is 13.3 Å². The maximum atomic E-state index is 11.4. The molecule has 2 unspecified atom stereocenters. The molecule has 2 N–H and O–H groups in total. The van der Waals surface area contributed by atoms with Gasteiger partial charge >= 0.3 is 0 Å². The Kier molecular flexibility index (Phi) is 7.14. The fraction of sp³-hybridized carbons (Fsp3) is 0.583. The molecule has 82 valence electrons. The number of carbonyl (C=O) groups is 1. The summed E-state index contributed by atoms with van der Waals surface area (Å²) in [7, 11) is 0. The van der Waals surface area contributed by atoms with Gasteiger partial charge in [0, 0.05) is 12.5 Å². The van der Waals surface area contributed by atoms with Crippen molar-refractivity contribution in [3.05, 3.63) is 0 Å². The summed E-state index contributed by atoms with van der Waals surface area (Å²) < 4.78 is 0. The Morgan fingerprint density at radius 2 is 2.07 bits per heavy atom. The van der Waals surface area contributed by atoms with Crippen molar-refractivity contribution >= 4 is 5.91 Å². The van der Waals surface area contributed by atoms with Crippen LogP contribution in [0.4, 0.5) is 0 Å². The van der Waals surface area contributed by atoms with E-state index in [9.17, 15) is 4.79 Å². The molecule has 0 aromatic carbocycles. The minimum Gasteiger partial charge on any atom is -0.344 e. The van der Waals surface area contributed by atoms with Crippen molar-refractivity contribution in [2.45, 2.75) is 38.8 Å². The molecule has 0 fully saturated rings. The van der Waals surface area contributed by atoms with E-state index in [2.05, 4.69) is 22.5 Å². The second-order valence-electron chi connectivity index (χ2n) is 3.32. The van der Waals surface area contributed by atoms with E-state index >= 15 is 0 Å². The second kappa shape index (κ2) is 7.91. The normalized spacial score (nSPS) is 13.3. The van der Waals surface area contributed by atoms with Gasteiger partial charge in [0.2, 0.25) is 5.91 Å². The molecule has 2 atom stereocenters. The van der Waals surface area contributed by atoms with E-state index in [1.165, 1.54) is 0 Å². The molecule has 1 amide bonds. The summed E-state index contributed by atoms with van der Waals surface area (Å²) in [6.45, 7) is 4.09. The highest BCUT2D eigenvalue weighted by Crippen LogP contribution is 1.98. The molecule has 0 bridgehead atoms. The molecule has 3 nitrogen and oxygen atoms in total. The molecule has 0 radical (unpaired) electrons. The number of amides is 1. The summed E-state index contributed by atoms with van der Waals surface area (Å²) in [5, 5.41) is 5.77. The van der Waals surface area contributed by atoms with Crippen LogP contribution in [0.15, 0.2) is 0 Å². The van der Waals surface area contributed by atoms with Crippen LogP contribution < -0.4 is 10.6 Å². The molecular weight excluding hydrogens is 188 g/mol. The predicted octanol–water partition coefficient (Wildman–Crippen LogP) is 0.516. The van der Waals surface area contributed by atoms with Crippen molar-refractivity contribution in [3.63, 3.8) is 0 Å². The smallest absolute Gasteiger partial charge is 0.237 e. The molecule has 0 heterocycles. The van der Waals surface area contributed by atoms with Gasteiger partial charge < -0.3 is 10.6 Å². The number of hydrogen-bond acceptors (Lipinski definition) is 2. The standard InChI is InChI=1S/C12H18N2O/c1-5-8-11(7-3)14-10(4)12(15)13-9-6-2/h1-2,10-11,14H,7-9H2,3-4H3,(H,13,15). The third kappa shape index (κ3) is 5.78. The first-order valence-electron chi connectivity index (χ1n) is 5.06. The lowest BCUT2D eigenvalue weighted by Gasteiger charge is -2.19. The molecular formula is C12H18N2O. The first kappa shape index (κ1) is 13.5. The highest BCUT2D eigenvalue weighted by atomic mass is 16.2. The molecule has 0 aromatic heterocycles. The van der Waals surface area contributed by atoms with Gasteiger partial charge in [0.25, 0.3) is 0 Å². The number of rotatable bonds is 6. The van der Waals surface area contributed by atoms with Crippen molar-refractivity contribution < 1.29 is 4.79 Å². The number of hydrogen-bond donors (Lipinski definition) is 2. The van der Waals surface area contributed by atoms with Crippen LogP contribution in [0, 0.1) is 24.7 Å². The lowest BCUT2D eigenvalue weighted by Crippen LogP contribution is -2.46. The zero-order chi connectivity index (χ0) is 11.7. The Morgan fingerprint density at radius 3 is 2.53 bits per heavy atom. The van der Waals surface area contributed by atoms with Gasteiger partial charge in [-0.15, -0.1) is 18.8 Å².